The van der Waals surface area contributed by atoms with Crippen molar-refractivity contribution in [1.82, 2.24) is 9.88 Å². The maximum absolute atomic E-state index is 14.1. The van der Waals surface area contributed by atoms with Crippen LogP contribution in [0.25, 0.3) is 10.9 Å². The molecule has 29 heavy (non-hydrogen) atoms. The zero-order valence-electron chi connectivity index (χ0n) is 14.6. The van der Waals surface area contributed by atoms with E-state index in [2.05, 4.69) is 0 Å². The van der Waals surface area contributed by atoms with Gasteiger partial charge in [0.25, 0.3) is 11.5 Å². The molecule has 0 fully saturated rings. The highest BCUT2D eigenvalue weighted by Gasteiger charge is 2.23. The smallest absolute Gasteiger partial charge is 0.322 e. The van der Waals surface area contributed by atoms with Gasteiger partial charge in [0.1, 0.15) is 23.7 Å². The van der Waals surface area contributed by atoms with Crippen LogP contribution >= 0.6 is 0 Å². The first-order valence-electron chi connectivity index (χ1n) is 8.18. The summed E-state index contributed by atoms with van der Waals surface area (Å²) >= 11 is 0. The van der Waals surface area contributed by atoms with Gasteiger partial charge >= 0.3 is 5.97 Å². The number of halogens is 3. The van der Waals surface area contributed by atoms with Gasteiger partial charge in [0.2, 0.25) is 0 Å². The van der Waals surface area contributed by atoms with Gasteiger partial charge < -0.3 is 20.1 Å². The third kappa shape index (κ3) is 3.77. The monoisotopic (exact) mass is 406 g/mol. The number of amides is 1. The van der Waals surface area contributed by atoms with Crippen LogP contribution in [-0.2, 0) is 11.3 Å². The molecule has 0 saturated heterocycles. The number of carboxylic acid groups (broad SMARTS) is 1. The minimum atomic E-state index is -1.40. The Morgan fingerprint density at radius 1 is 1.10 bits per heavy atom. The Morgan fingerprint density at radius 2 is 1.83 bits per heavy atom. The van der Waals surface area contributed by atoms with Gasteiger partial charge in [0.05, 0.1) is 12.1 Å². The van der Waals surface area contributed by atoms with Crippen LogP contribution < -0.4 is 10.9 Å². The molecular formula is C19H13F3N2O5. The lowest BCUT2D eigenvalue weighted by Gasteiger charge is -2.15. The third-order valence-corrected chi connectivity index (χ3v) is 4.19. The number of nitrogens with one attached hydrogen (secondary N) is 1. The van der Waals surface area contributed by atoms with Gasteiger partial charge in [-0.2, -0.15) is 0 Å². The fourth-order valence-corrected chi connectivity index (χ4v) is 2.86. The largest absolute Gasteiger partial charge is 0.506 e. The van der Waals surface area contributed by atoms with E-state index in [0.717, 1.165) is 28.8 Å². The van der Waals surface area contributed by atoms with Crippen molar-refractivity contribution in [3.63, 3.8) is 0 Å². The molecule has 0 saturated carbocycles. The maximum atomic E-state index is 14.1. The molecule has 3 aromatic rings. The van der Waals surface area contributed by atoms with Crippen molar-refractivity contribution in [1.29, 1.82) is 0 Å². The highest BCUT2D eigenvalue weighted by atomic mass is 19.2. The van der Waals surface area contributed by atoms with Gasteiger partial charge in [-0.25, -0.2) is 13.2 Å². The first-order valence-corrected chi connectivity index (χ1v) is 8.18. The van der Waals surface area contributed by atoms with E-state index in [1.165, 1.54) is 12.1 Å². The van der Waals surface area contributed by atoms with Crippen LogP contribution in [0.15, 0.2) is 41.2 Å². The fourth-order valence-electron chi connectivity index (χ4n) is 2.86. The molecule has 150 valence electrons. The molecule has 0 aliphatic carbocycles. The first-order chi connectivity index (χ1) is 13.7. The molecule has 0 aliphatic heterocycles. The topological polar surface area (TPSA) is 109 Å². The molecule has 0 bridgehead atoms. The van der Waals surface area contributed by atoms with Gasteiger partial charge in [-0.05, 0) is 24.3 Å². The van der Waals surface area contributed by atoms with Crippen molar-refractivity contribution >= 4 is 22.8 Å². The molecule has 0 aliphatic rings. The molecule has 1 amide bonds. The Balaban J connectivity index is 2.25. The quantitative estimate of drug-likeness (QED) is 0.601. The second-order valence-electron chi connectivity index (χ2n) is 6.07. The molecule has 7 nitrogen and oxygen atoms in total. The average Bonchev–Trinajstić information content (AvgIpc) is 2.67. The lowest BCUT2D eigenvalue weighted by atomic mass is 10.1. The SMILES string of the molecule is O=C(O)CNC(=O)c1c(O)c2cc(F)ccc2n(Cc2cccc(F)c2F)c1=O. The standard InChI is InChI=1S/C19H13F3N2O5/c20-10-4-5-13-11(6-10)17(27)15(18(28)23-7-14(25)26)19(29)24(13)8-9-2-1-3-12(21)16(9)22/h1-6,27H,7-8H2,(H,23,28)(H,25,26). The Morgan fingerprint density at radius 3 is 2.52 bits per heavy atom. The van der Waals surface area contributed by atoms with Crippen molar-refractivity contribution in [2.24, 2.45) is 0 Å². The summed E-state index contributed by atoms with van der Waals surface area (Å²) < 4.78 is 42.2. The number of aromatic nitrogens is 1. The molecule has 1 aromatic heterocycles. The molecule has 0 unspecified atom stereocenters. The number of aliphatic carboxylic acids is 1. The number of hydrogen-bond donors (Lipinski definition) is 3. The van der Waals surface area contributed by atoms with Crippen molar-refractivity contribution in [3.05, 3.63) is 75.3 Å². The molecular weight excluding hydrogens is 393 g/mol. The van der Waals surface area contributed by atoms with E-state index in [9.17, 15) is 32.7 Å². The zero-order valence-corrected chi connectivity index (χ0v) is 14.6. The molecule has 3 N–H and O–H groups in total. The summed E-state index contributed by atoms with van der Waals surface area (Å²) in [5.41, 5.74) is -2.19. The lowest BCUT2D eigenvalue weighted by molar-refractivity contribution is -0.135. The van der Waals surface area contributed by atoms with Crippen molar-refractivity contribution in [3.8, 4) is 5.75 Å². The van der Waals surface area contributed by atoms with E-state index in [4.69, 9.17) is 5.11 Å². The minimum absolute atomic E-state index is 0.0349. The second-order valence-corrected chi connectivity index (χ2v) is 6.07. The Bertz CT molecular complexity index is 1210. The number of pyridine rings is 1. The summed E-state index contributed by atoms with van der Waals surface area (Å²) in [6, 6.07) is 6.32. The van der Waals surface area contributed by atoms with Crippen molar-refractivity contribution in [2.45, 2.75) is 6.54 Å². The van der Waals surface area contributed by atoms with Crippen LogP contribution in [0.1, 0.15) is 15.9 Å². The highest BCUT2D eigenvalue weighted by molar-refractivity contribution is 6.03. The number of carbonyl (C=O) groups is 2. The van der Waals surface area contributed by atoms with Crippen LogP contribution in [-0.4, -0.2) is 33.2 Å². The molecule has 2 aromatic carbocycles. The van der Waals surface area contributed by atoms with Crippen LogP contribution in [0, 0.1) is 17.5 Å². The molecule has 10 heteroatoms. The number of fused-ring (bicyclic) bond motifs is 1. The Hall–Kier alpha value is -3.82. The third-order valence-electron chi connectivity index (χ3n) is 4.19. The number of aromatic hydroxyl groups is 1. The molecule has 0 radical (unpaired) electrons. The molecule has 0 spiro atoms. The van der Waals surface area contributed by atoms with E-state index in [-0.39, 0.29) is 16.5 Å². The van der Waals surface area contributed by atoms with E-state index >= 15 is 0 Å². The first kappa shape index (κ1) is 19.9. The Kier molecular flexibility index (Phi) is 5.26. The van der Waals surface area contributed by atoms with E-state index < -0.39 is 59.3 Å². The number of benzene rings is 2. The minimum Gasteiger partial charge on any atom is -0.506 e. The highest BCUT2D eigenvalue weighted by Crippen LogP contribution is 2.28. The predicted molar refractivity (Wildman–Crippen MR) is 95.3 cm³/mol. The summed E-state index contributed by atoms with van der Waals surface area (Å²) in [5, 5.41) is 20.7. The number of carbonyl (C=O) groups excluding carboxylic acids is 1. The van der Waals surface area contributed by atoms with Gasteiger partial charge in [-0.3, -0.25) is 14.4 Å². The zero-order chi connectivity index (χ0) is 21.3. The van der Waals surface area contributed by atoms with E-state index in [0.29, 0.717) is 0 Å². The van der Waals surface area contributed by atoms with Crippen LogP contribution in [0.2, 0.25) is 0 Å². The van der Waals surface area contributed by atoms with Crippen molar-refractivity contribution < 1.29 is 33.0 Å². The number of carboxylic acids is 1. The van der Waals surface area contributed by atoms with E-state index in [1.54, 1.807) is 0 Å². The second kappa shape index (κ2) is 7.66. The number of nitrogens with zero attached hydrogens (tertiary/aromatic N) is 1. The maximum Gasteiger partial charge on any atom is 0.322 e. The van der Waals surface area contributed by atoms with Crippen LogP contribution in [0.5, 0.6) is 5.75 Å². The summed E-state index contributed by atoms with van der Waals surface area (Å²) in [7, 11) is 0. The summed E-state index contributed by atoms with van der Waals surface area (Å²) in [6.07, 6.45) is 0. The summed E-state index contributed by atoms with van der Waals surface area (Å²) in [4.78, 5) is 35.8. The number of hydrogen-bond acceptors (Lipinski definition) is 4. The van der Waals surface area contributed by atoms with Crippen LogP contribution in [0.4, 0.5) is 13.2 Å². The fraction of sp³-hybridized carbons (Fsp3) is 0.105. The number of rotatable bonds is 5. The van der Waals surface area contributed by atoms with Gasteiger partial charge in [-0.15, -0.1) is 0 Å². The van der Waals surface area contributed by atoms with E-state index in [1.807, 2.05) is 5.32 Å². The van der Waals surface area contributed by atoms with Crippen LogP contribution in [0.3, 0.4) is 0 Å². The van der Waals surface area contributed by atoms with Gasteiger partial charge in [0.15, 0.2) is 11.6 Å². The molecule has 1 heterocycles. The lowest BCUT2D eigenvalue weighted by Crippen LogP contribution is -2.36. The van der Waals surface area contributed by atoms with Gasteiger partial charge in [-0.1, -0.05) is 12.1 Å². The normalized spacial score (nSPS) is 10.9. The van der Waals surface area contributed by atoms with Gasteiger partial charge in [0, 0.05) is 10.9 Å². The molecule has 3 rings (SSSR count). The Labute approximate surface area is 160 Å². The predicted octanol–water partition coefficient (Wildman–Crippen LogP) is 1.99. The summed E-state index contributed by atoms with van der Waals surface area (Å²) in [5.74, 6) is -6.61. The van der Waals surface area contributed by atoms with Crippen molar-refractivity contribution in [2.75, 3.05) is 6.54 Å². The molecule has 0 atom stereocenters. The average molecular weight is 406 g/mol. The summed E-state index contributed by atoms with van der Waals surface area (Å²) in [6.45, 7) is -1.36.